The van der Waals surface area contributed by atoms with Crippen LogP contribution in [-0.2, 0) is 19.0 Å². The molecular formula is C21H24F2N2O6. The molecule has 3 aliphatic heterocycles. The lowest BCUT2D eigenvalue weighted by atomic mass is 9.98. The predicted molar refractivity (Wildman–Crippen MR) is 104 cm³/mol. The highest BCUT2D eigenvalue weighted by atomic mass is 19.1. The third-order valence-electron chi connectivity index (χ3n) is 5.51. The average molecular weight is 438 g/mol. The summed E-state index contributed by atoms with van der Waals surface area (Å²) in [5, 5.41) is 9.16. The van der Waals surface area contributed by atoms with Gasteiger partial charge in [0, 0.05) is 6.54 Å². The van der Waals surface area contributed by atoms with Crippen molar-refractivity contribution in [1.29, 1.82) is 0 Å². The molecule has 1 aromatic carbocycles. The number of nitrogens with zero attached hydrogens (tertiary/aromatic N) is 2. The Kier molecular flexibility index (Phi) is 5.71. The van der Waals surface area contributed by atoms with Gasteiger partial charge in [0.15, 0.2) is 11.9 Å². The third-order valence-corrected chi connectivity index (χ3v) is 5.51. The second-order valence-electron chi connectivity index (χ2n) is 8.13. The van der Waals surface area contributed by atoms with Gasteiger partial charge in [0.05, 0.1) is 37.1 Å². The van der Waals surface area contributed by atoms with E-state index in [0.29, 0.717) is 6.42 Å². The highest BCUT2D eigenvalue weighted by Gasteiger charge is 2.42. The molecule has 1 aromatic rings. The number of benzene rings is 1. The number of carbonyl (C=O) groups excluding carboxylic acids is 2. The van der Waals surface area contributed by atoms with Crippen LogP contribution in [0.2, 0.25) is 0 Å². The maximum Gasteiger partial charge on any atom is 0.414 e. The Morgan fingerprint density at radius 3 is 2.58 bits per heavy atom. The first-order valence-electron chi connectivity index (χ1n) is 10.1. The lowest BCUT2D eigenvalue weighted by Gasteiger charge is -2.34. The number of aliphatic hydroxyl groups excluding tert-OH is 1. The monoisotopic (exact) mass is 438 g/mol. The minimum Gasteiger partial charge on any atom is -0.441 e. The molecule has 0 spiro atoms. The first-order valence-corrected chi connectivity index (χ1v) is 10.1. The number of cyclic esters (lactones) is 1. The largest absolute Gasteiger partial charge is 0.441 e. The number of ether oxygens (including phenoxy) is 3. The Morgan fingerprint density at radius 2 is 2.00 bits per heavy atom. The van der Waals surface area contributed by atoms with Gasteiger partial charge >= 0.3 is 6.09 Å². The molecular weight excluding hydrogens is 414 g/mol. The SMILES string of the molecule is CC1(C)OC[C@@H](C(=O)N2CCC=CC2c2c(F)cc(N3C[C@H](CO)OC3=O)cc2F)O1. The van der Waals surface area contributed by atoms with E-state index >= 15 is 8.78 Å². The molecule has 3 heterocycles. The maximum absolute atomic E-state index is 15.1. The smallest absolute Gasteiger partial charge is 0.414 e. The zero-order chi connectivity index (χ0) is 22.3. The van der Waals surface area contributed by atoms with Gasteiger partial charge in [-0.1, -0.05) is 12.2 Å². The quantitative estimate of drug-likeness (QED) is 0.726. The van der Waals surface area contributed by atoms with Crippen molar-refractivity contribution in [2.24, 2.45) is 0 Å². The van der Waals surface area contributed by atoms with Crippen LogP contribution in [0.3, 0.4) is 0 Å². The fourth-order valence-corrected chi connectivity index (χ4v) is 4.01. The van der Waals surface area contributed by atoms with Gasteiger partial charge in [-0.15, -0.1) is 0 Å². The molecule has 0 aromatic heterocycles. The molecule has 0 radical (unpaired) electrons. The van der Waals surface area contributed by atoms with Gasteiger partial charge in [0.2, 0.25) is 0 Å². The summed E-state index contributed by atoms with van der Waals surface area (Å²) in [4.78, 5) is 27.4. The van der Waals surface area contributed by atoms with Crippen LogP contribution in [0.25, 0.3) is 0 Å². The van der Waals surface area contributed by atoms with Crippen molar-refractivity contribution in [2.45, 2.75) is 44.3 Å². The van der Waals surface area contributed by atoms with Gasteiger partial charge in [0.25, 0.3) is 5.91 Å². The predicted octanol–water partition coefficient (Wildman–Crippen LogP) is 2.26. The highest BCUT2D eigenvalue weighted by Crippen LogP contribution is 2.35. The molecule has 4 rings (SSSR count). The number of amides is 2. The van der Waals surface area contributed by atoms with E-state index in [0.717, 1.165) is 17.0 Å². The number of hydrogen-bond acceptors (Lipinski definition) is 6. The van der Waals surface area contributed by atoms with E-state index in [1.165, 1.54) is 4.90 Å². The summed E-state index contributed by atoms with van der Waals surface area (Å²) in [6.07, 6.45) is 1.48. The molecule has 2 amide bonds. The van der Waals surface area contributed by atoms with Crippen molar-refractivity contribution in [2.75, 3.05) is 31.2 Å². The van der Waals surface area contributed by atoms with Crippen molar-refractivity contribution in [3.05, 3.63) is 41.5 Å². The third kappa shape index (κ3) is 4.15. The second-order valence-corrected chi connectivity index (χ2v) is 8.13. The molecule has 0 bridgehead atoms. The van der Waals surface area contributed by atoms with Crippen LogP contribution in [0.15, 0.2) is 24.3 Å². The van der Waals surface area contributed by atoms with Crippen LogP contribution >= 0.6 is 0 Å². The molecule has 3 atom stereocenters. The van der Waals surface area contributed by atoms with E-state index in [-0.39, 0.29) is 37.6 Å². The zero-order valence-electron chi connectivity index (χ0n) is 17.2. The van der Waals surface area contributed by atoms with Crippen molar-refractivity contribution >= 4 is 17.7 Å². The number of carbonyl (C=O) groups is 2. The zero-order valence-corrected chi connectivity index (χ0v) is 17.2. The summed E-state index contributed by atoms with van der Waals surface area (Å²) in [5.74, 6) is -3.10. The molecule has 3 aliphatic rings. The summed E-state index contributed by atoms with van der Waals surface area (Å²) in [5.41, 5.74) is -0.316. The van der Waals surface area contributed by atoms with E-state index < -0.39 is 47.7 Å². The lowest BCUT2D eigenvalue weighted by Crippen LogP contribution is -2.44. The standard InChI is InChI=1S/C21H24F2N2O6/c1-21(2)29-11-17(31-21)19(27)24-6-4-3-5-16(24)18-14(22)7-12(8-15(18)23)25-9-13(10-26)30-20(25)28/h3,5,7-8,13,16-17,26H,4,6,9-11H2,1-2H3/t13-,16?,17+/m1/s1. The van der Waals surface area contributed by atoms with Gasteiger partial charge in [-0.2, -0.15) is 0 Å². The van der Waals surface area contributed by atoms with E-state index in [2.05, 4.69) is 0 Å². The number of rotatable bonds is 4. The van der Waals surface area contributed by atoms with Crippen LogP contribution in [0.1, 0.15) is 31.9 Å². The Labute approximate surface area is 178 Å². The van der Waals surface area contributed by atoms with Crippen LogP contribution < -0.4 is 4.90 Å². The van der Waals surface area contributed by atoms with Crippen LogP contribution in [-0.4, -0.2) is 66.3 Å². The molecule has 1 unspecified atom stereocenters. The van der Waals surface area contributed by atoms with Crippen LogP contribution in [0.4, 0.5) is 19.3 Å². The second kappa shape index (κ2) is 8.18. The van der Waals surface area contributed by atoms with Gasteiger partial charge < -0.3 is 24.2 Å². The van der Waals surface area contributed by atoms with Crippen molar-refractivity contribution in [3.63, 3.8) is 0 Å². The molecule has 168 valence electrons. The van der Waals surface area contributed by atoms with Crippen molar-refractivity contribution in [3.8, 4) is 0 Å². The van der Waals surface area contributed by atoms with E-state index in [1.807, 2.05) is 0 Å². The highest BCUT2D eigenvalue weighted by molar-refractivity contribution is 5.90. The lowest BCUT2D eigenvalue weighted by molar-refractivity contribution is -0.161. The van der Waals surface area contributed by atoms with E-state index in [1.54, 1.807) is 26.0 Å². The van der Waals surface area contributed by atoms with Crippen LogP contribution in [0, 0.1) is 11.6 Å². The van der Waals surface area contributed by atoms with Gasteiger partial charge in [0.1, 0.15) is 17.7 Å². The molecule has 31 heavy (non-hydrogen) atoms. The normalized spacial score (nSPS) is 27.6. The fourth-order valence-electron chi connectivity index (χ4n) is 4.01. The molecule has 10 heteroatoms. The Bertz CT molecular complexity index is 898. The summed E-state index contributed by atoms with van der Waals surface area (Å²) in [6.45, 7) is 3.31. The van der Waals surface area contributed by atoms with Crippen molar-refractivity contribution in [1.82, 2.24) is 4.90 Å². The molecule has 8 nitrogen and oxygen atoms in total. The number of halogens is 2. The summed E-state index contributed by atoms with van der Waals surface area (Å²) in [6, 6.07) is 1.10. The minimum atomic E-state index is -0.960. The molecule has 0 saturated carbocycles. The average Bonchev–Trinajstić information content (AvgIpc) is 3.29. The van der Waals surface area contributed by atoms with Crippen LogP contribution in [0.5, 0.6) is 0 Å². The molecule has 0 aliphatic carbocycles. The topological polar surface area (TPSA) is 88.5 Å². The Morgan fingerprint density at radius 1 is 1.29 bits per heavy atom. The van der Waals surface area contributed by atoms with Gasteiger partial charge in [-0.05, 0) is 32.4 Å². The van der Waals surface area contributed by atoms with E-state index in [9.17, 15) is 9.59 Å². The van der Waals surface area contributed by atoms with Crippen molar-refractivity contribution < 1.29 is 37.7 Å². The first-order chi connectivity index (χ1) is 14.7. The maximum atomic E-state index is 15.1. The van der Waals surface area contributed by atoms with Gasteiger partial charge in [-0.3, -0.25) is 9.69 Å². The Hall–Kier alpha value is -2.56. The molecule has 1 N–H and O–H groups in total. The number of hydrogen-bond donors (Lipinski definition) is 1. The van der Waals surface area contributed by atoms with E-state index in [4.69, 9.17) is 19.3 Å². The summed E-state index contributed by atoms with van der Waals surface area (Å²) >= 11 is 0. The molecule has 2 fully saturated rings. The Balaban J connectivity index is 1.61. The number of aliphatic hydroxyl groups is 1. The minimum absolute atomic E-state index is 0.0176. The molecule has 2 saturated heterocycles. The first kappa shape index (κ1) is 21.7. The van der Waals surface area contributed by atoms with Gasteiger partial charge in [-0.25, -0.2) is 13.6 Å². The number of anilines is 1. The summed E-state index contributed by atoms with van der Waals surface area (Å²) < 4.78 is 46.2. The summed E-state index contributed by atoms with van der Waals surface area (Å²) in [7, 11) is 0. The fraction of sp³-hybridized carbons (Fsp3) is 0.524.